The Bertz CT molecular complexity index is 882. The molecule has 4 aliphatic rings. The van der Waals surface area contributed by atoms with Gasteiger partial charge in [0.25, 0.3) is 0 Å². The lowest BCUT2D eigenvalue weighted by Gasteiger charge is -2.63. The van der Waals surface area contributed by atoms with Gasteiger partial charge in [-0.25, -0.2) is 0 Å². The van der Waals surface area contributed by atoms with Crippen molar-refractivity contribution in [2.24, 2.45) is 34.5 Å². The van der Waals surface area contributed by atoms with Crippen molar-refractivity contribution in [3.05, 3.63) is 0 Å². The molecule has 0 aromatic heterocycles. The summed E-state index contributed by atoms with van der Waals surface area (Å²) in [4.78, 5) is 48.7. The highest BCUT2D eigenvalue weighted by Crippen LogP contribution is 2.69. The van der Waals surface area contributed by atoms with E-state index in [1.165, 1.54) is 20.8 Å². The number of hydrogen-bond acceptors (Lipinski definition) is 7. The number of carbonyl (C=O) groups excluding carboxylic acids is 4. The number of Topliss-reactive ketones (excluding diaryl/α,β-unsaturated/α-hetero) is 1. The van der Waals surface area contributed by atoms with Gasteiger partial charge in [-0.2, -0.15) is 0 Å². The fourth-order valence-electron chi connectivity index (χ4n) is 8.98. The third-order valence-electron chi connectivity index (χ3n) is 10.3. The summed E-state index contributed by atoms with van der Waals surface area (Å²) in [5, 5.41) is 0. The summed E-state index contributed by atoms with van der Waals surface area (Å²) in [5.41, 5.74) is -1.54. The second kappa shape index (κ2) is 8.63. The molecular weight excluding hydrogens is 436 g/mol. The van der Waals surface area contributed by atoms with Gasteiger partial charge >= 0.3 is 17.9 Å². The summed E-state index contributed by atoms with van der Waals surface area (Å²) in [7, 11) is 0. The molecule has 0 amide bonds. The zero-order valence-electron chi connectivity index (χ0n) is 21.5. The summed E-state index contributed by atoms with van der Waals surface area (Å²) in [6.07, 6.45) is 5.97. The first-order valence-corrected chi connectivity index (χ1v) is 12.9. The number of ketones is 1. The number of ether oxygens (including phenoxy) is 3. The average molecular weight is 477 g/mol. The van der Waals surface area contributed by atoms with Gasteiger partial charge in [-0.15, -0.1) is 0 Å². The van der Waals surface area contributed by atoms with Gasteiger partial charge in [-0.05, 0) is 81.5 Å². The SMILES string of the molecule is CC(=O)O[C@@H]1CC[C@]2(C)[C@H]3CC[C@@]4(C)[C@@H](CC[C@]4(OC(C)=O)C(C)=O)[C@@H]3C[C@H](OC(C)=O)[C@@H]2C1. The van der Waals surface area contributed by atoms with Crippen molar-refractivity contribution in [1.29, 1.82) is 0 Å². The highest BCUT2D eigenvalue weighted by atomic mass is 16.6. The van der Waals surface area contributed by atoms with E-state index in [1.807, 2.05) is 0 Å². The number of rotatable bonds is 4. The molecule has 0 bridgehead atoms. The second-order valence-electron chi connectivity index (χ2n) is 11.9. The number of carbonyl (C=O) groups is 4. The molecule has 0 aromatic rings. The molecule has 4 saturated carbocycles. The monoisotopic (exact) mass is 476 g/mol. The van der Waals surface area contributed by atoms with Crippen LogP contribution in [0.15, 0.2) is 0 Å². The smallest absolute Gasteiger partial charge is 0.303 e. The molecule has 7 heteroatoms. The Hall–Kier alpha value is -1.92. The molecule has 0 unspecified atom stereocenters. The van der Waals surface area contributed by atoms with Gasteiger partial charge in [-0.3, -0.25) is 19.2 Å². The maximum absolute atomic E-state index is 13.0. The van der Waals surface area contributed by atoms with Gasteiger partial charge in [-0.1, -0.05) is 13.8 Å². The van der Waals surface area contributed by atoms with Crippen molar-refractivity contribution in [3.8, 4) is 0 Å². The Kier molecular flexibility index (Phi) is 6.39. The van der Waals surface area contributed by atoms with E-state index in [1.54, 1.807) is 6.92 Å². The molecule has 4 aliphatic carbocycles. The molecule has 0 saturated heterocycles. The van der Waals surface area contributed by atoms with Crippen molar-refractivity contribution in [2.75, 3.05) is 0 Å². The van der Waals surface area contributed by atoms with Crippen LogP contribution < -0.4 is 0 Å². The number of esters is 3. The molecule has 4 fully saturated rings. The maximum atomic E-state index is 13.0. The standard InChI is InChI=1S/C27H40O7/c1-15(28)27(34-18(4)31)12-9-22-20-14-24(33-17(3)30)23-13-19(32-16(2)29)7-10-25(23,5)21(20)8-11-26(22,27)6/h19-24H,7-14H2,1-6H3/t19-,20-,21+,22+,23+,24+,25-,26+,27+/m1/s1. The first-order valence-electron chi connectivity index (χ1n) is 12.9. The summed E-state index contributed by atoms with van der Waals surface area (Å²) >= 11 is 0. The third-order valence-corrected chi connectivity index (χ3v) is 10.3. The molecule has 0 aromatic carbocycles. The first-order chi connectivity index (χ1) is 15.8. The molecule has 0 heterocycles. The predicted molar refractivity (Wildman–Crippen MR) is 123 cm³/mol. The quantitative estimate of drug-likeness (QED) is 0.438. The lowest BCUT2D eigenvalue weighted by molar-refractivity contribution is -0.210. The minimum absolute atomic E-state index is 0.0378. The maximum Gasteiger partial charge on any atom is 0.303 e. The normalized spacial score (nSPS) is 45.2. The summed E-state index contributed by atoms with van der Waals surface area (Å²) < 4.78 is 17.4. The minimum Gasteiger partial charge on any atom is -0.463 e. The van der Waals surface area contributed by atoms with Crippen LogP contribution in [0.1, 0.15) is 92.9 Å². The van der Waals surface area contributed by atoms with Crippen LogP contribution in [-0.4, -0.2) is 41.5 Å². The lowest BCUT2D eigenvalue weighted by atomic mass is 9.43. The number of hydrogen-bond donors (Lipinski definition) is 0. The Balaban J connectivity index is 1.69. The molecule has 0 N–H and O–H groups in total. The van der Waals surface area contributed by atoms with Crippen LogP contribution in [0.4, 0.5) is 0 Å². The fourth-order valence-corrected chi connectivity index (χ4v) is 8.98. The Morgan fingerprint density at radius 2 is 1.35 bits per heavy atom. The highest BCUT2D eigenvalue weighted by Gasteiger charge is 2.69. The third kappa shape index (κ3) is 3.78. The van der Waals surface area contributed by atoms with Gasteiger partial charge < -0.3 is 14.2 Å². The molecule has 0 spiro atoms. The van der Waals surface area contributed by atoms with Crippen molar-refractivity contribution in [3.63, 3.8) is 0 Å². The van der Waals surface area contributed by atoms with Gasteiger partial charge in [0.15, 0.2) is 11.4 Å². The van der Waals surface area contributed by atoms with Crippen LogP contribution in [0.5, 0.6) is 0 Å². The van der Waals surface area contributed by atoms with Crippen LogP contribution >= 0.6 is 0 Å². The zero-order chi connectivity index (χ0) is 25.1. The summed E-state index contributed by atoms with van der Waals surface area (Å²) in [6, 6.07) is 0. The predicted octanol–water partition coefficient (Wildman–Crippen LogP) is 4.39. The van der Waals surface area contributed by atoms with Crippen molar-refractivity contribution in [2.45, 2.75) is 111 Å². The lowest BCUT2D eigenvalue weighted by Crippen LogP contribution is -2.62. The Morgan fingerprint density at radius 3 is 1.94 bits per heavy atom. The van der Waals surface area contributed by atoms with Crippen molar-refractivity contribution >= 4 is 23.7 Å². The fraction of sp³-hybridized carbons (Fsp3) is 0.852. The molecule has 0 aliphatic heterocycles. The zero-order valence-corrected chi connectivity index (χ0v) is 21.5. The molecule has 34 heavy (non-hydrogen) atoms. The van der Waals surface area contributed by atoms with Crippen LogP contribution in [0.2, 0.25) is 0 Å². The van der Waals surface area contributed by atoms with E-state index in [9.17, 15) is 19.2 Å². The van der Waals surface area contributed by atoms with E-state index in [0.717, 1.165) is 38.5 Å². The topological polar surface area (TPSA) is 96.0 Å². The molecule has 7 nitrogen and oxygen atoms in total. The average Bonchev–Trinajstić information content (AvgIpc) is 3.01. The van der Waals surface area contributed by atoms with Gasteiger partial charge in [0.1, 0.15) is 12.2 Å². The molecule has 4 rings (SSSR count). The van der Waals surface area contributed by atoms with Crippen LogP contribution in [0, 0.1) is 34.5 Å². The van der Waals surface area contributed by atoms with Crippen molar-refractivity contribution < 1.29 is 33.4 Å². The van der Waals surface area contributed by atoms with E-state index in [-0.39, 0.29) is 53.1 Å². The van der Waals surface area contributed by atoms with Crippen molar-refractivity contribution in [1.82, 2.24) is 0 Å². The largest absolute Gasteiger partial charge is 0.463 e. The van der Waals surface area contributed by atoms with Gasteiger partial charge in [0.05, 0.1) is 0 Å². The van der Waals surface area contributed by atoms with Crippen LogP contribution in [-0.2, 0) is 33.4 Å². The summed E-state index contributed by atoms with van der Waals surface area (Å²) in [6.45, 7) is 10.3. The van der Waals surface area contributed by atoms with Gasteiger partial charge in [0.2, 0.25) is 0 Å². The van der Waals surface area contributed by atoms with E-state index in [0.29, 0.717) is 18.8 Å². The van der Waals surface area contributed by atoms with E-state index in [4.69, 9.17) is 14.2 Å². The first kappa shape index (κ1) is 25.2. The molecule has 190 valence electrons. The summed E-state index contributed by atoms with van der Waals surface area (Å²) in [5.74, 6) is 0.0392. The van der Waals surface area contributed by atoms with E-state index in [2.05, 4.69) is 13.8 Å². The van der Waals surface area contributed by atoms with E-state index >= 15 is 0 Å². The molecule has 9 atom stereocenters. The van der Waals surface area contributed by atoms with Crippen LogP contribution in [0.25, 0.3) is 0 Å². The highest BCUT2D eigenvalue weighted by molar-refractivity contribution is 5.89. The molecular formula is C27H40O7. The minimum atomic E-state index is -1.07. The Morgan fingerprint density at radius 1 is 0.706 bits per heavy atom. The van der Waals surface area contributed by atoms with Gasteiger partial charge in [0, 0.05) is 32.1 Å². The number of fused-ring (bicyclic) bond motifs is 5. The van der Waals surface area contributed by atoms with Crippen LogP contribution in [0.3, 0.4) is 0 Å². The van der Waals surface area contributed by atoms with E-state index < -0.39 is 17.0 Å². The Labute approximate surface area is 202 Å². The second-order valence-corrected chi connectivity index (χ2v) is 11.9. The molecule has 0 radical (unpaired) electrons.